The van der Waals surface area contributed by atoms with Crippen molar-refractivity contribution in [2.45, 2.75) is 46.5 Å². The Balaban J connectivity index is 0.000000220. The molecule has 0 atom stereocenters. The van der Waals surface area contributed by atoms with Crippen molar-refractivity contribution in [3.05, 3.63) is 59.7 Å². The molecule has 120 valence electrons. The van der Waals surface area contributed by atoms with E-state index in [1.165, 1.54) is 18.4 Å². The normalized spacial score (nSPS) is 10.2. The van der Waals surface area contributed by atoms with Gasteiger partial charge in [-0.3, -0.25) is 0 Å². The molecular formula is C20H28O2. The predicted molar refractivity (Wildman–Crippen MR) is 93.4 cm³/mol. The first kappa shape index (κ1) is 18.1. The van der Waals surface area contributed by atoms with E-state index < -0.39 is 0 Å². The summed E-state index contributed by atoms with van der Waals surface area (Å²) in [7, 11) is 0. The number of hydrogen-bond acceptors (Lipinski definition) is 2. The van der Waals surface area contributed by atoms with Crippen LogP contribution in [0.5, 0.6) is 11.5 Å². The number of para-hydroxylation sites is 1. The second-order valence-corrected chi connectivity index (χ2v) is 6.00. The molecule has 0 bridgehead atoms. The van der Waals surface area contributed by atoms with Crippen LogP contribution in [0.2, 0.25) is 0 Å². The van der Waals surface area contributed by atoms with E-state index in [2.05, 4.69) is 20.8 Å². The minimum atomic E-state index is 0.352. The number of aryl methyl sites for hydroxylation is 1. The highest BCUT2D eigenvalue weighted by Crippen LogP contribution is 2.18. The van der Waals surface area contributed by atoms with Crippen LogP contribution < -0.4 is 0 Å². The predicted octanol–water partition coefficient (Wildman–Crippen LogP) is 5.33. The lowest BCUT2D eigenvalue weighted by Crippen LogP contribution is -1.93. The van der Waals surface area contributed by atoms with E-state index in [1.54, 1.807) is 18.2 Å². The molecule has 0 heterocycles. The van der Waals surface area contributed by atoms with Crippen molar-refractivity contribution < 1.29 is 10.2 Å². The Morgan fingerprint density at radius 3 is 2.09 bits per heavy atom. The highest BCUT2D eigenvalue weighted by atomic mass is 16.3. The van der Waals surface area contributed by atoms with Gasteiger partial charge < -0.3 is 10.2 Å². The molecule has 0 amide bonds. The van der Waals surface area contributed by atoms with Crippen molar-refractivity contribution in [2.75, 3.05) is 0 Å². The van der Waals surface area contributed by atoms with Crippen molar-refractivity contribution in [3.63, 3.8) is 0 Å². The zero-order valence-corrected chi connectivity index (χ0v) is 13.9. The van der Waals surface area contributed by atoms with Crippen molar-refractivity contribution in [1.82, 2.24) is 0 Å². The van der Waals surface area contributed by atoms with E-state index in [4.69, 9.17) is 5.11 Å². The fourth-order valence-electron chi connectivity index (χ4n) is 2.17. The fourth-order valence-corrected chi connectivity index (χ4v) is 2.17. The van der Waals surface area contributed by atoms with Gasteiger partial charge in [-0.15, -0.1) is 0 Å². The first-order chi connectivity index (χ1) is 10.5. The average molecular weight is 300 g/mol. The summed E-state index contributed by atoms with van der Waals surface area (Å²) in [6.07, 6.45) is 4.52. The second kappa shape index (κ2) is 9.88. The quantitative estimate of drug-likeness (QED) is 0.784. The summed E-state index contributed by atoms with van der Waals surface area (Å²) < 4.78 is 0. The van der Waals surface area contributed by atoms with E-state index in [0.29, 0.717) is 17.4 Å². The van der Waals surface area contributed by atoms with E-state index in [-0.39, 0.29) is 0 Å². The van der Waals surface area contributed by atoms with Crippen molar-refractivity contribution in [3.8, 4) is 11.5 Å². The van der Waals surface area contributed by atoms with E-state index in [9.17, 15) is 5.11 Å². The number of phenols is 2. The number of benzene rings is 2. The largest absolute Gasteiger partial charge is 0.508 e. The van der Waals surface area contributed by atoms with Crippen LogP contribution in [0.1, 0.15) is 44.7 Å². The monoisotopic (exact) mass is 300 g/mol. The maximum absolute atomic E-state index is 9.36. The highest BCUT2D eigenvalue weighted by Gasteiger charge is 2.01. The Labute approximate surface area is 134 Å². The second-order valence-electron chi connectivity index (χ2n) is 6.00. The summed E-state index contributed by atoms with van der Waals surface area (Å²) in [6, 6.07) is 14.9. The zero-order valence-electron chi connectivity index (χ0n) is 13.9. The van der Waals surface area contributed by atoms with Gasteiger partial charge in [0.25, 0.3) is 0 Å². The summed E-state index contributed by atoms with van der Waals surface area (Å²) >= 11 is 0. The van der Waals surface area contributed by atoms with Gasteiger partial charge in [-0.1, -0.05) is 57.5 Å². The van der Waals surface area contributed by atoms with Gasteiger partial charge in [0.1, 0.15) is 11.5 Å². The zero-order chi connectivity index (χ0) is 16.4. The smallest absolute Gasteiger partial charge is 0.118 e. The number of aromatic hydroxyl groups is 2. The minimum Gasteiger partial charge on any atom is -0.508 e. The Hall–Kier alpha value is -1.96. The molecule has 0 aliphatic heterocycles. The molecule has 0 aliphatic rings. The lowest BCUT2D eigenvalue weighted by molar-refractivity contribution is 0.462. The van der Waals surface area contributed by atoms with Gasteiger partial charge in [0.2, 0.25) is 0 Å². The highest BCUT2D eigenvalue weighted by molar-refractivity contribution is 5.31. The lowest BCUT2D eigenvalue weighted by atomic mass is 10.0. The number of hydrogen-bond donors (Lipinski definition) is 2. The molecule has 2 nitrogen and oxygen atoms in total. The van der Waals surface area contributed by atoms with Crippen molar-refractivity contribution in [2.24, 2.45) is 5.92 Å². The summed E-state index contributed by atoms with van der Waals surface area (Å²) in [5.41, 5.74) is 2.35. The Bertz CT molecular complexity index is 530. The maximum atomic E-state index is 9.36. The number of unbranched alkanes of at least 4 members (excludes halogenated alkanes) is 1. The van der Waals surface area contributed by atoms with Gasteiger partial charge >= 0.3 is 0 Å². The summed E-state index contributed by atoms with van der Waals surface area (Å²) in [5.74, 6) is 1.37. The van der Waals surface area contributed by atoms with Crippen LogP contribution in [0.4, 0.5) is 0 Å². The molecule has 2 heteroatoms. The first-order valence-corrected chi connectivity index (χ1v) is 8.07. The van der Waals surface area contributed by atoms with Gasteiger partial charge in [0, 0.05) is 0 Å². The van der Waals surface area contributed by atoms with Crippen LogP contribution in [0.15, 0.2) is 48.5 Å². The number of phenolic OH excluding ortho intramolecular Hbond substituents is 2. The molecular weight excluding hydrogens is 272 g/mol. The Morgan fingerprint density at radius 2 is 1.55 bits per heavy atom. The van der Waals surface area contributed by atoms with Gasteiger partial charge in [-0.05, 0) is 54.5 Å². The third-order valence-corrected chi connectivity index (χ3v) is 3.38. The summed E-state index contributed by atoms with van der Waals surface area (Å²) in [5, 5.41) is 18.3. The van der Waals surface area contributed by atoms with Gasteiger partial charge in [0.15, 0.2) is 0 Å². The SMILES string of the molecule is CC(C)Cc1ccccc1O.CCCCc1ccc(O)cc1. The Kier molecular flexibility index (Phi) is 8.13. The molecule has 0 aliphatic carbocycles. The third kappa shape index (κ3) is 7.16. The molecule has 0 aromatic heterocycles. The van der Waals surface area contributed by atoms with Crippen LogP contribution in [-0.4, -0.2) is 10.2 Å². The first-order valence-electron chi connectivity index (χ1n) is 8.07. The van der Waals surface area contributed by atoms with Crippen LogP contribution in [-0.2, 0) is 12.8 Å². The van der Waals surface area contributed by atoms with Gasteiger partial charge in [-0.25, -0.2) is 0 Å². The Morgan fingerprint density at radius 1 is 0.909 bits per heavy atom. The fraction of sp³-hybridized carbons (Fsp3) is 0.400. The van der Waals surface area contributed by atoms with Crippen molar-refractivity contribution >= 4 is 0 Å². The van der Waals surface area contributed by atoms with E-state index in [0.717, 1.165) is 18.4 Å². The van der Waals surface area contributed by atoms with Crippen LogP contribution in [0.25, 0.3) is 0 Å². The number of rotatable bonds is 5. The van der Waals surface area contributed by atoms with E-state index >= 15 is 0 Å². The van der Waals surface area contributed by atoms with Crippen molar-refractivity contribution in [1.29, 1.82) is 0 Å². The molecule has 0 saturated carbocycles. The summed E-state index contributed by atoms with van der Waals surface area (Å²) in [6.45, 7) is 6.47. The third-order valence-electron chi connectivity index (χ3n) is 3.38. The minimum absolute atomic E-state index is 0.352. The molecule has 0 fully saturated rings. The molecule has 0 radical (unpaired) electrons. The molecule has 0 saturated heterocycles. The van der Waals surface area contributed by atoms with Crippen LogP contribution >= 0.6 is 0 Å². The molecule has 2 aromatic rings. The van der Waals surface area contributed by atoms with Crippen LogP contribution in [0.3, 0.4) is 0 Å². The summed E-state index contributed by atoms with van der Waals surface area (Å²) in [4.78, 5) is 0. The molecule has 0 unspecified atom stereocenters. The molecule has 2 rings (SSSR count). The van der Waals surface area contributed by atoms with Gasteiger partial charge in [0.05, 0.1) is 0 Å². The maximum Gasteiger partial charge on any atom is 0.118 e. The molecule has 22 heavy (non-hydrogen) atoms. The lowest BCUT2D eigenvalue weighted by Gasteiger charge is -2.05. The molecule has 2 N–H and O–H groups in total. The molecule has 0 spiro atoms. The standard InChI is InChI=1S/2C10H14O/c1-8(2)7-9-5-3-4-6-10(9)11;1-2-3-4-9-5-7-10(11)8-6-9/h3-6,8,11H,7H2,1-2H3;5-8,11H,2-4H2,1H3. The van der Waals surface area contributed by atoms with Gasteiger partial charge in [-0.2, -0.15) is 0 Å². The van der Waals surface area contributed by atoms with E-state index in [1.807, 2.05) is 30.3 Å². The average Bonchev–Trinajstić information content (AvgIpc) is 2.49. The topological polar surface area (TPSA) is 40.5 Å². The van der Waals surface area contributed by atoms with Crippen LogP contribution in [0, 0.1) is 5.92 Å². The molecule has 2 aromatic carbocycles.